The summed E-state index contributed by atoms with van der Waals surface area (Å²) in [5.74, 6) is 10.9. The van der Waals surface area contributed by atoms with Crippen LogP contribution < -0.4 is 0 Å². The highest BCUT2D eigenvalue weighted by Gasteiger charge is 2.12. The molecule has 0 bridgehead atoms. The second kappa shape index (κ2) is 10.5. The molecule has 0 aliphatic carbocycles. The highest BCUT2D eigenvalue weighted by atomic mass is 28.4. The molecule has 5 nitrogen and oxygen atoms in total. The van der Waals surface area contributed by atoms with Crippen LogP contribution in [0.5, 0.6) is 0 Å². The highest BCUT2D eigenvalue weighted by Crippen LogP contribution is 2.01. The van der Waals surface area contributed by atoms with Gasteiger partial charge in [0.2, 0.25) is 0 Å². The van der Waals surface area contributed by atoms with Gasteiger partial charge < -0.3 is 18.3 Å². The van der Waals surface area contributed by atoms with Crippen molar-refractivity contribution in [2.75, 3.05) is 26.4 Å². The SMILES string of the molecule is C[Si](C)(C)OCC#CCOC(=O)OCC#CCO[Si](C)(C)C. The van der Waals surface area contributed by atoms with E-state index in [0.717, 1.165) is 0 Å². The third-order valence-electron chi connectivity index (χ3n) is 1.93. The normalized spacial score (nSPS) is 10.8. The first-order valence-electron chi connectivity index (χ1n) is 7.09. The molecule has 0 spiro atoms. The van der Waals surface area contributed by atoms with E-state index in [1.54, 1.807) is 0 Å². The van der Waals surface area contributed by atoms with Crippen molar-refractivity contribution >= 4 is 22.8 Å². The molecule has 0 aromatic carbocycles. The van der Waals surface area contributed by atoms with Crippen molar-refractivity contribution in [3.8, 4) is 23.7 Å². The molecule has 124 valence electrons. The minimum absolute atomic E-state index is 0.0138. The van der Waals surface area contributed by atoms with Gasteiger partial charge in [0.25, 0.3) is 0 Å². The molecule has 22 heavy (non-hydrogen) atoms. The Morgan fingerprint density at radius 3 is 1.32 bits per heavy atom. The molecular formula is C15H26O5Si2. The lowest BCUT2D eigenvalue weighted by Crippen LogP contribution is -2.25. The van der Waals surface area contributed by atoms with Crippen LogP contribution in [0.4, 0.5) is 4.79 Å². The van der Waals surface area contributed by atoms with Gasteiger partial charge in [-0.15, -0.1) is 0 Å². The van der Waals surface area contributed by atoms with E-state index in [0.29, 0.717) is 13.2 Å². The Hall–Kier alpha value is -1.26. The molecule has 0 saturated heterocycles. The fourth-order valence-corrected chi connectivity index (χ4v) is 1.95. The summed E-state index contributed by atoms with van der Waals surface area (Å²) in [5, 5.41) is 0. The van der Waals surface area contributed by atoms with Gasteiger partial charge in [-0.25, -0.2) is 4.79 Å². The second-order valence-electron chi connectivity index (χ2n) is 6.34. The molecule has 0 unspecified atom stereocenters. The van der Waals surface area contributed by atoms with Gasteiger partial charge in [-0.2, -0.15) is 0 Å². The zero-order valence-corrected chi connectivity index (χ0v) is 16.4. The second-order valence-corrected chi connectivity index (χ2v) is 15.4. The summed E-state index contributed by atoms with van der Waals surface area (Å²) in [6.07, 6.45) is -0.777. The Morgan fingerprint density at radius 1 is 0.682 bits per heavy atom. The average molecular weight is 343 g/mol. The van der Waals surface area contributed by atoms with E-state index in [2.05, 4.69) is 63.0 Å². The number of ether oxygens (including phenoxy) is 2. The minimum Gasteiger partial charge on any atom is -0.421 e. The monoisotopic (exact) mass is 342 g/mol. The molecule has 0 aromatic heterocycles. The van der Waals surface area contributed by atoms with Crippen LogP contribution in [0.15, 0.2) is 0 Å². The molecule has 0 radical (unpaired) electrons. The van der Waals surface area contributed by atoms with Crippen molar-refractivity contribution < 1.29 is 23.1 Å². The topological polar surface area (TPSA) is 54.0 Å². The fourth-order valence-electron chi connectivity index (χ4n) is 0.941. The van der Waals surface area contributed by atoms with Crippen molar-refractivity contribution in [1.82, 2.24) is 0 Å². The van der Waals surface area contributed by atoms with Gasteiger partial charge in [0.1, 0.15) is 0 Å². The predicted molar refractivity (Wildman–Crippen MR) is 91.4 cm³/mol. The number of carbonyl (C=O) groups is 1. The molecule has 0 heterocycles. The zero-order valence-electron chi connectivity index (χ0n) is 14.4. The van der Waals surface area contributed by atoms with Crippen LogP contribution in [0.2, 0.25) is 39.3 Å². The molecule has 7 heteroatoms. The van der Waals surface area contributed by atoms with Crippen LogP contribution in [0.3, 0.4) is 0 Å². The maximum atomic E-state index is 11.2. The first-order chi connectivity index (χ1) is 10.1. The van der Waals surface area contributed by atoms with Crippen molar-refractivity contribution in [1.29, 1.82) is 0 Å². The summed E-state index contributed by atoms with van der Waals surface area (Å²) in [7, 11) is -3.08. The van der Waals surface area contributed by atoms with E-state index in [-0.39, 0.29) is 13.2 Å². The third-order valence-corrected chi connectivity index (χ3v) is 3.95. The van der Waals surface area contributed by atoms with E-state index in [9.17, 15) is 4.79 Å². The standard InChI is InChI=1S/C15H26O5Si2/c1-21(2,3)19-13-9-7-11-17-15(16)18-12-8-10-14-20-22(4,5)6/h11-14H2,1-6H3. The van der Waals surface area contributed by atoms with E-state index in [4.69, 9.17) is 18.3 Å². The van der Waals surface area contributed by atoms with Crippen molar-refractivity contribution in [3.05, 3.63) is 0 Å². The largest absolute Gasteiger partial charge is 0.510 e. The van der Waals surface area contributed by atoms with Crippen LogP contribution in [0, 0.1) is 23.7 Å². The van der Waals surface area contributed by atoms with Gasteiger partial charge in [0, 0.05) is 0 Å². The number of carbonyl (C=O) groups excluding carboxylic acids is 1. The van der Waals surface area contributed by atoms with Gasteiger partial charge in [-0.05, 0) is 39.3 Å². The highest BCUT2D eigenvalue weighted by molar-refractivity contribution is 6.70. The molecule has 0 N–H and O–H groups in total. The summed E-state index contributed by atoms with van der Waals surface area (Å²) >= 11 is 0. The van der Waals surface area contributed by atoms with Crippen LogP contribution in [-0.2, 0) is 18.3 Å². The molecule has 0 aliphatic heterocycles. The van der Waals surface area contributed by atoms with Gasteiger partial charge in [0.05, 0.1) is 13.2 Å². The predicted octanol–water partition coefficient (Wildman–Crippen LogP) is 2.85. The number of hydrogen-bond donors (Lipinski definition) is 0. The number of hydrogen-bond acceptors (Lipinski definition) is 5. The summed E-state index contributed by atoms with van der Waals surface area (Å²) in [6.45, 7) is 13.2. The van der Waals surface area contributed by atoms with Crippen LogP contribution in [0.1, 0.15) is 0 Å². The molecule has 0 rings (SSSR count). The minimum atomic E-state index is -1.54. The van der Waals surface area contributed by atoms with Crippen molar-refractivity contribution in [2.24, 2.45) is 0 Å². The van der Waals surface area contributed by atoms with E-state index < -0.39 is 22.8 Å². The summed E-state index contributed by atoms with van der Waals surface area (Å²) in [5.41, 5.74) is 0. The van der Waals surface area contributed by atoms with Gasteiger partial charge >= 0.3 is 6.16 Å². The summed E-state index contributed by atoms with van der Waals surface area (Å²) in [6, 6.07) is 0. The Labute approximate surface area is 135 Å². The molecule has 0 amide bonds. The molecular weight excluding hydrogens is 316 g/mol. The Bertz CT molecular complexity index is 413. The maximum absolute atomic E-state index is 11.2. The van der Waals surface area contributed by atoms with E-state index in [1.807, 2.05) is 0 Å². The van der Waals surface area contributed by atoms with Crippen LogP contribution in [-0.4, -0.2) is 49.2 Å². The van der Waals surface area contributed by atoms with Crippen molar-refractivity contribution in [2.45, 2.75) is 39.3 Å². The zero-order chi connectivity index (χ0) is 17.1. The molecule has 0 aliphatic rings. The maximum Gasteiger partial charge on any atom is 0.510 e. The first-order valence-corrected chi connectivity index (χ1v) is 13.9. The lowest BCUT2D eigenvalue weighted by molar-refractivity contribution is 0.0744. The van der Waals surface area contributed by atoms with Gasteiger partial charge in [-0.3, -0.25) is 0 Å². The average Bonchev–Trinajstić information content (AvgIpc) is 2.35. The Balaban J connectivity index is 3.67. The molecule has 0 fully saturated rings. The number of rotatable bonds is 6. The van der Waals surface area contributed by atoms with Crippen LogP contribution in [0.25, 0.3) is 0 Å². The Kier molecular flexibility index (Phi) is 9.87. The quantitative estimate of drug-likeness (QED) is 0.422. The lowest BCUT2D eigenvalue weighted by atomic mass is 10.6. The molecule has 0 aromatic rings. The van der Waals surface area contributed by atoms with E-state index >= 15 is 0 Å². The van der Waals surface area contributed by atoms with Gasteiger partial charge in [0.15, 0.2) is 29.8 Å². The first kappa shape index (κ1) is 20.7. The van der Waals surface area contributed by atoms with E-state index in [1.165, 1.54) is 0 Å². The van der Waals surface area contributed by atoms with Gasteiger partial charge in [-0.1, -0.05) is 23.7 Å². The summed E-state index contributed by atoms with van der Waals surface area (Å²) < 4.78 is 20.6. The molecule has 0 saturated carbocycles. The lowest BCUT2D eigenvalue weighted by Gasteiger charge is -2.13. The van der Waals surface area contributed by atoms with Crippen molar-refractivity contribution in [3.63, 3.8) is 0 Å². The van der Waals surface area contributed by atoms with Crippen LogP contribution >= 0.6 is 0 Å². The Morgan fingerprint density at radius 2 is 1.00 bits per heavy atom. The summed E-state index contributed by atoms with van der Waals surface area (Å²) in [4.78, 5) is 11.2. The third kappa shape index (κ3) is 16.8. The molecule has 0 atom stereocenters. The fraction of sp³-hybridized carbons (Fsp3) is 0.667. The smallest absolute Gasteiger partial charge is 0.421 e.